The number of ether oxygens (including phenoxy) is 1. The van der Waals surface area contributed by atoms with Gasteiger partial charge in [0, 0.05) is 22.7 Å². The number of aromatic nitrogens is 4. The first kappa shape index (κ1) is 21.6. The number of hydrogen-bond acceptors (Lipinski definition) is 5. The molecule has 33 heavy (non-hydrogen) atoms. The van der Waals surface area contributed by atoms with Gasteiger partial charge in [0.05, 0.1) is 19.3 Å². The summed E-state index contributed by atoms with van der Waals surface area (Å²) in [7, 11) is 1.61. The number of benzene rings is 1. The number of carbonyl (C=O) groups excluding carboxylic acids is 1. The molecule has 0 atom stereocenters. The molecule has 8 heteroatoms. The number of aldehydes is 1. The number of H-pyrrole nitrogens is 1. The summed E-state index contributed by atoms with van der Waals surface area (Å²) >= 11 is 0. The van der Waals surface area contributed by atoms with Gasteiger partial charge in [0.15, 0.2) is 11.4 Å². The number of methoxy groups -OCH3 is 1. The Labute approximate surface area is 191 Å². The average molecular weight is 450 g/mol. The van der Waals surface area contributed by atoms with Crippen molar-refractivity contribution in [3.05, 3.63) is 47.7 Å². The molecule has 1 aliphatic rings. The van der Waals surface area contributed by atoms with E-state index in [4.69, 9.17) is 4.74 Å². The van der Waals surface area contributed by atoms with Gasteiger partial charge < -0.3 is 14.5 Å². The molecule has 0 bridgehead atoms. The van der Waals surface area contributed by atoms with Gasteiger partial charge in [-0.3, -0.25) is 4.90 Å². The second-order valence-corrected chi connectivity index (χ2v) is 9.03. The van der Waals surface area contributed by atoms with E-state index in [0.717, 1.165) is 60.1 Å². The third kappa shape index (κ3) is 3.68. The molecule has 1 fully saturated rings. The number of aromatic amines is 1. The van der Waals surface area contributed by atoms with Crippen molar-refractivity contribution in [2.45, 2.75) is 38.5 Å². The number of carbonyl (C=O) groups is 1. The van der Waals surface area contributed by atoms with E-state index in [9.17, 15) is 4.79 Å². The molecule has 1 saturated heterocycles. The number of likely N-dealkylation sites (tertiary alicyclic amines) is 1. The van der Waals surface area contributed by atoms with Crippen molar-refractivity contribution in [1.82, 2.24) is 24.5 Å². The van der Waals surface area contributed by atoms with E-state index in [0.29, 0.717) is 23.3 Å². The maximum Gasteiger partial charge on any atom is 0.197 e. The molecule has 3 aromatic heterocycles. The van der Waals surface area contributed by atoms with Crippen molar-refractivity contribution in [3.8, 4) is 17.0 Å². The number of halogens is 1. The number of fused-ring (bicyclic) bond motifs is 2. The highest BCUT2D eigenvalue weighted by Gasteiger charge is 2.27. The van der Waals surface area contributed by atoms with Crippen LogP contribution in [-0.4, -0.2) is 57.5 Å². The largest absolute Gasteiger partial charge is 0.493 e. The van der Waals surface area contributed by atoms with Crippen LogP contribution in [0.4, 0.5) is 4.39 Å². The second kappa shape index (κ2) is 8.59. The summed E-state index contributed by atoms with van der Waals surface area (Å²) in [6.07, 6.45) is 6.02. The first-order chi connectivity index (χ1) is 16.0. The van der Waals surface area contributed by atoms with Crippen LogP contribution in [0.25, 0.3) is 27.8 Å². The van der Waals surface area contributed by atoms with E-state index in [-0.39, 0.29) is 17.7 Å². The number of hydrogen-bond donors (Lipinski definition) is 1. The van der Waals surface area contributed by atoms with Crippen molar-refractivity contribution in [3.63, 3.8) is 0 Å². The van der Waals surface area contributed by atoms with Gasteiger partial charge in [0.25, 0.3) is 0 Å². The Morgan fingerprint density at radius 3 is 2.79 bits per heavy atom. The molecule has 4 aromatic rings. The van der Waals surface area contributed by atoms with Gasteiger partial charge in [-0.15, -0.1) is 0 Å². The van der Waals surface area contributed by atoms with Gasteiger partial charge in [-0.1, -0.05) is 19.9 Å². The van der Waals surface area contributed by atoms with Crippen molar-refractivity contribution in [1.29, 1.82) is 0 Å². The molecule has 7 nitrogen and oxygen atoms in total. The number of pyridine rings is 1. The van der Waals surface area contributed by atoms with Gasteiger partial charge in [-0.25, -0.2) is 13.9 Å². The Balaban J connectivity index is 1.62. The predicted octanol–water partition coefficient (Wildman–Crippen LogP) is 4.53. The van der Waals surface area contributed by atoms with Gasteiger partial charge in [0.1, 0.15) is 18.4 Å². The fraction of sp³-hybridized carbons (Fsp3) is 0.400. The highest BCUT2D eigenvalue weighted by molar-refractivity contribution is 5.92. The van der Waals surface area contributed by atoms with Gasteiger partial charge in [-0.2, -0.15) is 5.10 Å². The fourth-order valence-corrected chi connectivity index (χ4v) is 5.12. The first-order valence-corrected chi connectivity index (χ1v) is 11.4. The Morgan fingerprint density at radius 2 is 2.09 bits per heavy atom. The van der Waals surface area contributed by atoms with Gasteiger partial charge in [-0.05, 0) is 61.0 Å². The summed E-state index contributed by atoms with van der Waals surface area (Å²) in [6, 6.07) is 5.83. The van der Waals surface area contributed by atoms with E-state index in [1.807, 2.05) is 24.4 Å². The lowest BCUT2D eigenvalue weighted by molar-refractivity contribution is -0.109. The molecule has 5 rings (SSSR count). The monoisotopic (exact) mass is 449 g/mol. The number of piperidine rings is 1. The summed E-state index contributed by atoms with van der Waals surface area (Å²) in [5.41, 5.74) is 4.87. The van der Waals surface area contributed by atoms with Crippen LogP contribution in [0.3, 0.4) is 0 Å². The van der Waals surface area contributed by atoms with Crippen LogP contribution < -0.4 is 4.74 Å². The summed E-state index contributed by atoms with van der Waals surface area (Å²) in [4.78, 5) is 20.7. The average Bonchev–Trinajstić information content (AvgIpc) is 3.44. The number of nitrogens with one attached hydrogen (secondary N) is 1. The summed E-state index contributed by atoms with van der Waals surface area (Å²) in [5.74, 6) is 0.732. The van der Waals surface area contributed by atoms with E-state index in [2.05, 4.69) is 33.8 Å². The number of nitrogens with zero attached hydrogens (tertiary/aromatic N) is 4. The molecule has 0 spiro atoms. The molecule has 0 amide bonds. The van der Waals surface area contributed by atoms with Crippen LogP contribution in [0.5, 0.6) is 5.75 Å². The van der Waals surface area contributed by atoms with Crippen LogP contribution in [0, 0.1) is 5.82 Å². The first-order valence-electron chi connectivity index (χ1n) is 11.4. The maximum absolute atomic E-state index is 16.1. The van der Waals surface area contributed by atoms with Crippen molar-refractivity contribution < 1.29 is 13.9 Å². The SMILES string of the molecule is COc1cc(-c2[nH]c3ccc(C4CCN(CC=O)CC4)c(F)c3c2C(C)C)cn2ncnc12. The van der Waals surface area contributed by atoms with Crippen LogP contribution >= 0.6 is 0 Å². The minimum Gasteiger partial charge on any atom is -0.493 e. The van der Waals surface area contributed by atoms with E-state index < -0.39 is 0 Å². The third-order valence-corrected chi connectivity index (χ3v) is 6.76. The third-order valence-electron chi connectivity index (χ3n) is 6.76. The normalized spacial score (nSPS) is 15.7. The lowest BCUT2D eigenvalue weighted by Crippen LogP contribution is -2.34. The Hall–Kier alpha value is -3.26. The van der Waals surface area contributed by atoms with Crippen LogP contribution in [-0.2, 0) is 4.79 Å². The van der Waals surface area contributed by atoms with Gasteiger partial charge >= 0.3 is 0 Å². The Morgan fingerprint density at radius 1 is 1.30 bits per heavy atom. The molecular weight excluding hydrogens is 421 g/mol. The molecular formula is C25H28FN5O2. The highest BCUT2D eigenvalue weighted by atomic mass is 19.1. The summed E-state index contributed by atoms with van der Waals surface area (Å²) < 4.78 is 23.3. The molecule has 0 unspecified atom stereocenters. The summed E-state index contributed by atoms with van der Waals surface area (Å²) in [6.45, 7) is 6.25. The minimum absolute atomic E-state index is 0.102. The molecule has 172 valence electrons. The second-order valence-electron chi connectivity index (χ2n) is 9.03. The van der Waals surface area contributed by atoms with E-state index in [1.165, 1.54) is 6.33 Å². The Kier molecular flexibility index (Phi) is 5.62. The predicted molar refractivity (Wildman–Crippen MR) is 125 cm³/mol. The highest BCUT2D eigenvalue weighted by Crippen LogP contribution is 2.41. The van der Waals surface area contributed by atoms with E-state index in [1.54, 1.807) is 11.6 Å². The molecule has 0 saturated carbocycles. The van der Waals surface area contributed by atoms with Crippen LogP contribution in [0.2, 0.25) is 0 Å². The zero-order valence-electron chi connectivity index (χ0n) is 19.1. The lowest BCUT2D eigenvalue weighted by Gasteiger charge is -2.31. The molecule has 1 N–H and O–H groups in total. The molecule has 4 heterocycles. The van der Waals surface area contributed by atoms with Crippen molar-refractivity contribution in [2.24, 2.45) is 0 Å². The molecule has 1 aromatic carbocycles. The zero-order chi connectivity index (χ0) is 23.1. The van der Waals surface area contributed by atoms with Crippen LogP contribution in [0.1, 0.15) is 49.7 Å². The molecule has 0 aliphatic carbocycles. The van der Waals surface area contributed by atoms with Crippen LogP contribution in [0.15, 0.2) is 30.7 Å². The topological polar surface area (TPSA) is 75.5 Å². The van der Waals surface area contributed by atoms with Crippen molar-refractivity contribution >= 4 is 22.8 Å². The smallest absolute Gasteiger partial charge is 0.197 e. The van der Waals surface area contributed by atoms with Crippen molar-refractivity contribution in [2.75, 3.05) is 26.7 Å². The van der Waals surface area contributed by atoms with Gasteiger partial charge in [0.2, 0.25) is 0 Å². The fourth-order valence-electron chi connectivity index (χ4n) is 5.12. The Bertz CT molecular complexity index is 1320. The number of rotatable bonds is 6. The maximum atomic E-state index is 16.1. The standard InChI is InChI=1S/C25H28FN5O2/c1-15(2)21-22-19(5-4-18(23(22)26)16-6-8-30(9-7-16)10-11-32)29-24(21)17-12-20(33-3)25-27-14-28-31(25)13-17/h4-5,11-16,29H,6-10H2,1-3H3. The lowest BCUT2D eigenvalue weighted by atomic mass is 9.87. The van der Waals surface area contributed by atoms with E-state index >= 15 is 4.39 Å². The zero-order valence-corrected chi connectivity index (χ0v) is 19.1. The quantitative estimate of drug-likeness (QED) is 0.438. The molecule has 1 aliphatic heterocycles. The summed E-state index contributed by atoms with van der Waals surface area (Å²) in [5, 5.41) is 4.92. The minimum atomic E-state index is -0.138. The molecule has 0 radical (unpaired) electrons.